The second kappa shape index (κ2) is 8.62. The quantitative estimate of drug-likeness (QED) is 0.266. The molecule has 0 saturated heterocycles. The summed E-state index contributed by atoms with van der Waals surface area (Å²) >= 11 is 0. The molecule has 8 heteroatoms. The number of alkyl halides is 3. The fourth-order valence-corrected chi connectivity index (χ4v) is 5.36. The van der Waals surface area contributed by atoms with E-state index in [1.54, 1.807) is 12.1 Å². The first kappa shape index (κ1) is 24.0. The molecular weight excluding hydrogens is 489 g/mol. The average Bonchev–Trinajstić information content (AvgIpc) is 3.48. The summed E-state index contributed by atoms with van der Waals surface area (Å²) in [7, 11) is 0. The molecule has 0 radical (unpaired) electrons. The van der Waals surface area contributed by atoms with Crippen molar-refractivity contribution in [3.05, 3.63) is 112 Å². The van der Waals surface area contributed by atoms with E-state index >= 15 is 0 Å². The highest BCUT2D eigenvalue weighted by atomic mass is 19.4. The lowest BCUT2D eigenvalue weighted by molar-refractivity contribution is -0.137. The number of hydrogen-bond acceptors (Lipinski definition) is 3. The number of nitrogens with zero attached hydrogens (tertiary/aromatic N) is 1. The predicted molar refractivity (Wildman–Crippen MR) is 142 cm³/mol. The number of carbonyl (C=O) groups excluding carboxylic acids is 1. The normalized spacial score (nSPS) is 19.7. The van der Waals surface area contributed by atoms with Gasteiger partial charge in [-0.15, -0.1) is 0 Å². The van der Waals surface area contributed by atoms with E-state index in [1.807, 2.05) is 19.2 Å². The van der Waals surface area contributed by atoms with Crippen LogP contribution in [0.15, 0.2) is 84.0 Å². The van der Waals surface area contributed by atoms with Gasteiger partial charge in [-0.25, -0.2) is 4.99 Å². The first-order valence-electron chi connectivity index (χ1n) is 12.3. The van der Waals surface area contributed by atoms with Gasteiger partial charge in [0.1, 0.15) is 11.7 Å². The molecule has 1 aliphatic carbocycles. The number of fused-ring (bicyclic) bond motifs is 3. The Morgan fingerprint density at radius 3 is 2.58 bits per heavy atom. The molecule has 1 aliphatic heterocycles. The smallest absolute Gasteiger partial charge is 0.346 e. The topological polar surface area (TPSA) is 69.3 Å². The minimum absolute atomic E-state index is 0.0632. The molecule has 1 aromatic heterocycles. The number of halogens is 3. The van der Waals surface area contributed by atoms with Crippen molar-refractivity contribution < 1.29 is 18.0 Å². The highest BCUT2D eigenvalue weighted by Gasteiger charge is 2.62. The van der Waals surface area contributed by atoms with Gasteiger partial charge in [-0.2, -0.15) is 13.2 Å². The van der Waals surface area contributed by atoms with Crippen LogP contribution in [-0.4, -0.2) is 16.7 Å². The van der Waals surface area contributed by atoms with Crippen molar-refractivity contribution in [1.29, 1.82) is 0 Å². The Morgan fingerprint density at radius 1 is 1.03 bits per heavy atom. The molecular formula is C30H25F3N4O. The van der Waals surface area contributed by atoms with Gasteiger partial charge in [-0.1, -0.05) is 42.0 Å². The van der Waals surface area contributed by atoms with Crippen LogP contribution in [0.1, 0.15) is 44.6 Å². The number of carbonyl (C=O) groups is 1. The molecule has 3 aromatic carbocycles. The maximum Gasteiger partial charge on any atom is 0.416 e. The number of rotatable bonds is 4. The van der Waals surface area contributed by atoms with Crippen molar-refractivity contribution in [3.63, 3.8) is 0 Å². The van der Waals surface area contributed by atoms with E-state index in [9.17, 15) is 18.0 Å². The lowest BCUT2D eigenvalue weighted by atomic mass is 9.85. The van der Waals surface area contributed by atoms with Crippen LogP contribution in [0.2, 0.25) is 0 Å². The number of hydrogen-bond donors (Lipinski definition) is 3. The van der Waals surface area contributed by atoms with Gasteiger partial charge in [0.25, 0.3) is 5.91 Å². The molecule has 1 fully saturated rings. The molecule has 2 unspecified atom stereocenters. The molecule has 0 bridgehead atoms. The number of nitrogens with one attached hydrogen (secondary N) is 3. The third-order valence-corrected chi connectivity index (χ3v) is 7.51. The van der Waals surface area contributed by atoms with Crippen molar-refractivity contribution >= 4 is 28.9 Å². The zero-order valence-corrected chi connectivity index (χ0v) is 20.8. The highest BCUT2D eigenvalue weighted by molar-refractivity contribution is 6.07. The van der Waals surface area contributed by atoms with Crippen LogP contribution in [0, 0.1) is 19.8 Å². The van der Waals surface area contributed by atoms with Gasteiger partial charge >= 0.3 is 6.18 Å². The molecule has 38 heavy (non-hydrogen) atoms. The summed E-state index contributed by atoms with van der Waals surface area (Å²) < 4.78 is 39.3. The van der Waals surface area contributed by atoms with Gasteiger partial charge in [0, 0.05) is 40.0 Å². The molecule has 2 atom stereocenters. The molecule has 192 valence electrons. The number of aromatic nitrogens is 1. The number of amides is 1. The Balaban J connectivity index is 1.26. The number of aryl methyl sites for hydroxylation is 2. The Bertz CT molecular complexity index is 1590. The van der Waals surface area contributed by atoms with Gasteiger partial charge in [-0.05, 0) is 67.8 Å². The Labute approximate surface area is 217 Å². The van der Waals surface area contributed by atoms with E-state index < -0.39 is 17.6 Å². The van der Waals surface area contributed by atoms with E-state index in [4.69, 9.17) is 4.99 Å². The van der Waals surface area contributed by atoms with E-state index in [1.165, 1.54) is 28.8 Å². The third kappa shape index (κ3) is 4.06. The predicted octanol–water partition coefficient (Wildman–Crippen LogP) is 7.36. The summed E-state index contributed by atoms with van der Waals surface area (Å²) in [5, 5.41) is 6.21. The second-order valence-corrected chi connectivity index (χ2v) is 10.0. The van der Waals surface area contributed by atoms with Crippen LogP contribution in [0.3, 0.4) is 0 Å². The third-order valence-electron chi connectivity index (χ3n) is 7.51. The largest absolute Gasteiger partial charge is 0.416 e. The summed E-state index contributed by atoms with van der Waals surface area (Å²) in [5.41, 5.74) is 4.77. The van der Waals surface area contributed by atoms with E-state index in [-0.39, 0.29) is 16.9 Å². The van der Waals surface area contributed by atoms with Gasteiger partial charge in [0.2, 0.25) is 0 Å². The summed E-state index contributed by atoms with van der Waals surface area (Å²) in [6.07, 6.45) is -1.68. The number of amidine groups is 1. The lowest BCUT2D eigenvalue weighted by Crippen LogP contribution is -2.25. The maximum atomic E-state index is 13.1. The molecule has 5 nitrogen and oxygen atoms in total. The molecule has 3 N–H and O–H groups in total. The van der Waals surface area contributed by atoms with Crippen LogP contribution in [-0.2, 0) is 11.6 Å². The summed E-state index contributed by atoms with van der Waals surface area (Å²) in [4.78, 5) is 20.9. The monoisotopic (exact) mass is 514 g/mol. The number of anilines is 2. The average molecular weight is 515 g/mol. The number of H-pyrrole nitrogens is 1. The van der Waals surface area contributed by atoms with Crippen molar-refractivity contribution in [2.24, 2.45) is 10.9 Å². The molecule has 4 aromatic rings. The second-order valence-electron chi connectivity index (χ2n) is 10.0. The minimum atomic E-state index is -4.52. The molecule has 6 rings (SSSR count). The standard InChI is InChI=1S/C30H25F3N4O/c1-17-6-9-20(10-7-17)29-16-24(29)27(37-26-23(29)12-13-34-26)36-25-15-22(11-8-18(25)2)35-28(38)19-4-3-5-21(14-19)30(31,32)33/h3-15,24,34H,16H2,1-2H3,(H,35,38)(H,36,37). The van der Waals surface area contributed by atoms with Crippen molar-refractivity contribution in [3.8, 4) is 0 Å². The number of benzene rings is 3. The minimum Gasteiger partial charge on any atom is -0.346 e. The Kier molecular flexibility index (Phi) is 5.45. The Morgan fingerprint density at radius 2 is 1.82 bits per heavy atom. The van der Waals surface area contributed by atoms with Gasteiger partial charge in [0.05, 0.1) is 5.56 Å². The summed E-state index contributed by atoms with van der Waals surface area (Å²) in [5.74, 6) is 1.23. The van der Waals surface area contributed by atoms with Crippen LogP contribution in [0.25, 0.3) is 0 Å². The van der Waals surface area contributed by atoms with Gasteiger partial charge in [0.15, 0.2) is 0 Å². The molecule has 0 spiro atoms. The van der Waals surface area contributed by atoms with Crippen molar-refractivity contribution in [2.45, 2.75) is 31.9 Å². The molecule has 1 saturated carbocycles. The molecule has 2 heterocycles. The maximum absolute atomic E-state index is 13.1. The molecule has 2 aliphatic rings. The van der Waals surface area contributed by atoms with Crippen LogP contribution in [0.4, 0.5) is 30.4 Å². The fraction of sp³-hybridized carbons (Fsp3) is 0.200. The van der Waals surface area contributed by atoms with Gasteiger partial charge < -0.3 is 15.6 Å². The van der Waals surface area contributed by atoms with E-state index in [0.29, 0.717) is 5.69 Å². The SMILES string of the molecule is Cc1ccc(C23CC2C(Nc2cc(NC(=O)c4cccc(C(F)(F)F)c4)ccc2C)=Nc2[nH]ccc23)cc1. The highest BCUT2D eigenvalue weighted by Crippen LogP contribution is 2.63. The van der Waals surface area contributed by atoms with E-state index in [2.05, 4.69) is 52.9 Å². The summed E-state index contributed by atoms with van der Waals surface area (Å²) in [6.45, 7) is 4.02. The number of aliphatic imine (C=N–C) groups is 1. The zero-order chi connectivity index (χ0) is 26.7. The van der Waals surface area contributed by atoms with Crippen LogP contribution >= 0.6 is 0 Å². The first-order valence-corrected chi connectivity index (χ1v) is 12.3. The van der Waals surface area contributed by atoms with Crippen molar-refractivity contribution in [1.82, 2.24) is 4.98 Å². The fourth-order valence-electron chi connectivity index (χ4n) is 5.36. The van der Waals surface area contributed by atoms with E-state index in [0.717, 1.165) is 41.5 Å². The Hall–Kier alpha value is -4.33. The number of aromatic amines is 1. The molecule has 1 amide bonds. The first-order chi connectivity index (χ1) is 18.1. The lowest BCUT2D eigenvalue weighted by Gasteiger charge is -2.24. The summed E-state index contributed by atoms with van der Waals surface area (Å²) in [6, 6.07) is 20.5. The zero-order valence-electron chi connectivity index (χ0n) is 20.8. The van der Waals surface area contributed by atoms with Crippen molar-refractivity contribution in [2.75, 3.05) is 10.6 Å². The van der Waals surface area contributed by atoms with Gasteiger partial charge in [-0.3, -0.25) is 4.79 Å². The van der Waals surface area contributed by atoms with Crippen LogP contribution < -0.4 is 10.6 Å². The van der Waals surface area contributed by atoms with Crippen LogP contribution in [0.5, 0.6) is 0 Å².